The fourth-order valence-corrected chi connectivity index (χ4v) is 5.40. The molecule has 3 atom stereocenters. The molecule has 1 aliphatic heterocycles. The van der Waals surface area contributed by atoms with E-state index in [1.165, 1.54) is 22.3 Å². The van der Waals surface area contributed by atoms with Crippen LogP contribution in [0.15, 0.2) is 54.9 Å². The van der Waals surface area contributed by atoms with Gasteiger partial charge >= 0.3 is 0 Å². The van der Waals surface area contributed by atoms with Crippen LogP contribution in [-0.4, -0.2) is 12.2 Å². The number of nitrogens with zero attached hydrogens (tertiary/aromatic N) is 1. The molecular weight excluding hydrogens is 335 g/mol. The van der Waals surface area contributed by atoms with Crippen molar-refractivity contribution in [3.63, 3.8) is 0 Å². The standard InChI is InChI=1S/C23H35N2P/c1-9-25-19(8)23(16(4)5)26-22-14-20(10-11-21(22)25)24-18(7)13-17(6)12-15(2)3/h10-11,14,16-17,23-24,26H,2,7-9,12-13H2,1,3-6H3. The van der Waals surface area contributed by atoms with Crippen molar-refractivity contribution in [3.05, 3.63) is 54.9 Å². The van der Waals surface area contributed by atoms with Gasteiger partial charge in [-0.05, 0) is 62.0 Å². The van der Waals surface area contributed by atoms with Gasteiger partial charge in [0.2, 0.25) is 0 Å². The van der Waals surface area contributed by atoms with E-state index in [9.17, 15) is 0 Å². The van der Waals surface area contributed by atoms with Crippen LogP contribution in [0.1, 0.15) is 47.5 Å². The van der Waals surface area contributed by atoms with E-state index in [2.05, 4.69) is 82.8 Å². The second-order valence-electron chi connectivity index (χ2n) is 8.03. The van der Waals surface area contributed by atoms with Crippen LogP contribution >= 0.6 is 8.58 Å². The summed E-state index contributed by atoms with van der Waals surface area (Å²) in [5.41, 5.74) is 6.59. The Hall–Kier alpha value is -1.53. The van der Waals surface area contributed by atoms with Crippen LogP contribution in [-0.2, 0) is 0 Å². The summed E-state index contributed by atoms with van der Waals surface area (Å²) in [6, 6.07) is 6.72. The molecular formula is C23H35N2P. The molecule has 0 radical (unpaired) electrons. The van der Waals surface area contributed by atoms with Crippen molar-refractivity contribution >= 4 is 25.3 Å². The van der Waals surface area contributed by atoms with E-state index in [1.807, 2.05) is 0 Å². The summed E-state index contributed by atoms with van der Waals surface area (Å²) in [6.07, 6.45) is 2.02. The molecule has 0 bridgehead atoms. The maximum Gasteiger partial charge on any atom is 0.0485 e. The molecule has 3 heteroatoms. The normalized spacial score (nSPS) is 18.8. The minimum absolute atomic E-state index is 0.538. The zero-order valence-electron chi connectivity index (χ0n) is 17.2. The van der Waals surface area contributed by atoms with E-state index in [4.69, 9.17) is 0 Å². The van der Waals surface area contributed by atoms with Crippen molar-refractivity contribution in [2.24, 2.45) is 11.8 Å². The van der Waals surface area contributed by atoms with Gasteiger partial charge in [0.15, 0.2) is 0 Å². The van der Waals surface area contributed by atoms with Crippen molar-refractivity contribution in [1.29, 1.82) is 0 Å². The Morgan fingerprint density at radius 3 is 2.50 bits per heavy atom. The predicted molar refractivity (Wildman–Crippen MR) is 121 cm³/mol. The first-order valence-corrected chi connectivity index (χ1v) is 10.8. The van der Waals surface area contributed by atoms with Crippen LogP contribution in [0.5, 0.6) is 0 Å². The zero-order chi connectivity index (χ0) is 19.4. The molecule has 1 aromatic rings. The number of rotatable bonds is 8. The summed E-state index contributed by atoms with van der Waals surface area (Å²) in [5.74, 6) is 1.17. The highest BCUT2D eigenvalue weighted by molar-refractivity contribution is 7.49. The van der Waals surface area contributed by atoms with Crippen molar-refractivity contribution in [2.75, 3.05) is 16.8 Å². The van der Waals surface area contributed by atoms with E-state index < -0.39 is 0 Å². The molecule has 1 N–H and O–H groups in total. The number of anilines is 2. The van der Waals surface area contributed by atoms with Crippen LogP contribution in [0.25, 0.3) is 0 Å². The molecule has 3 unspecified atom stereocenters. The summed E-state index contributed by atoms with van der Waals surface area (Å²) in [6.45, 7) is 24.8. The monoisotopic (exact) mass is 370 g/mol. The highest BCUT2D eigenvalue weighted by Crippen LogP contribution is 2.42. The Balaban J connectivity index is 2.15. The average molecular weight is 371 g/mol. The van der Waals surface area contributed by atoms with Crippen molar-refractivity contribution in [2.45, 2.75) is 53.1 Å². The third-order valence-electron chi connectivity index (χ3n) is 4.90. The van der Waals surface area contributed by atoms with E-state index in [1.54, 1.807) is 0 Å². The third kappa shape index (κ3) is 5.01. The molecule has 0 amide bonds. The second kappa shape index (κ2) is 8.91. The van der Waals surface area contributed by atoms with Gasteiger partial charge in [0.1, 0.15) is 0 Å². The first-order chi connectivity index (χ1) is 12.2. The molecule has 1 heterocycles. The van der Waals surface area contributed by atoms with Gasteiger partial charge in [-0.2, -0.15) is 0 Å². The molecule has 0 spiro atoms. The van der Waals surface area contributed by atoms with Gasteiger partial charge in [-0.25, -0.2) is 0 Å². The van der Waals surface area contributed by atoms with Crippen molar-refractivity contribution < 1.29 is 0 Å². The highest BCUT2D eigenvalue weighted by atomic mass is 31.1. The number of hydrogen-bond acceptors (Lipinski definition) is 2. The lowest BCUT2D eigenvalue weighted by Gasteiger charge is -2.39. The fraction of sp³-hybridized carbons (Fsp3) is 0.478. The average Bonchev–Trinajstić information content (AvgIpc) is 2.53. The lowest BCUT2D eigenvalue weighted by atomic mass is 9.98. The van der Waals surface area contributed by atoms with Gasteiger partial charge in [0.05, 0.1) is 0 Å². The summed E-state index contributed by atoms with van der Waals surface area (Å²) in [5, 5.41) is 4.96. The molecule has 1 aliphatic rings. The molecule has 26 heavy (non-hydrogen) atoms. The molecule has 0 aliphatic carbocycles. The summed E-state index contributed by atoms with van der Waals surface area (Å²) < 4.78 is 0. The molecule has 2 rings (SSSR count). The van der Waals surface area contributed by atoms with E-state index in [0.29, 0.717) is 17.5 Å². The lowest BCUT2D eigenvalue weighted by molar-refractivity contribution is 0.574. The van der Waals surface area contributed by atoms with Crippen LogP contribution < -0.4 is 15.5 Å². The number of nitrogens with one attached hydrogen (secondary N) is 1. The van der Waals surface area contributed by atoms with Gasteiger partial charge in [-0.1, -0.05) is 48.1 Å². The Morgan fingerprint density at radius 2 is 1.92 bits per heavy atom. The van der Waals surface area contributed by atoms with Gasteiger partial charge in [-0.3, -0.25) is 0 Å². The first-order valence-electron chi connectivity index (χ1n) is 9.69. The Kier molecular flexibility index (Phi) is 7.12. The number of allylic oxidation sites excluding steroid dienone is 3. The molecule has 0 aromatic heterocycles. The Morgan fingerprint density at radius 1 is 1.23 bits per heavy atom. The number of hydrogen-bond donors (Lipinski definition) is 1. The number of fused-ring (bicyclic) bond motifs is 1. The van der Waals surface area contributed by atoms with Crippen molar-refractivity contribution in [1.82, 2.24) is 0 Å². The van der Waals surface area contributed by atoms with Crippen LogP contribution in [0, 0.1) is 11.8 Å². The van der Waals surface area contributed by atoms with Crippen LogP contribution in [0.4, 0.5) is 11.4 Å². The van der Waals surface area contributed by atoms with Gasteiger partial charge in [0, 0.05) is 35.0 Å². The molecule has 0 fully saturated rings. The quantitative estimate of drug-likeness (QED) is 0.427. The third-order valence-corrected chi connectivity index (χ3v) is 6.92. The SMILES string of the molecule is C=C(C)CC(C)CC(=C)Nc1ccc2c(c1)PC(C(C)C)C(=C)N2CC. The first kappa shape index (κ1) is 20.8. The summed E-state index contributed by atoms with van der Waals surface area (Å²) >= 11 is 0. The van der Waals surface area contributed by atoms with Gasteiger partial charge in [-0.15, -0.1) is 6.58 Å². The summed E-state index contributed by atoms with van der Waals surface area (Å²) in [7, 11) is 0.777. The predicted octanol–water partition coefficient (Wildman–Crippen LogP) is 6.29. The van der Waals surface area contributed by atoms with Gasteiger partial charge in [0.25, 0.3) is 0 Å². The topological polar surface area (TPSA) is 15.3 Å². The molecule has 1 aromatic carbocycles. The van der Waals surface area contributed by atoms with Crippen LogP contribution in [0.2, 0.25) is 0 Å². The zero-order valence-corrected chi connectivity index (χ0v) is 18.2. The lowest BCUT2D eigenvalue weighted by Crippen LogP contribution is -2.37. The van der Waals surface area contributed by atoms with E-state index in [-0.39, 0.29) is 0 Å². The Labute approximate surface area is 162 Å². The van der Waals surface area contributed by atoms with E-state index in [0.717, 1.165) is 39.4 Å². The molecule has 142 valence electrons. The number of benzene rings is 1. The summed E-state index contributed by atoms with van der Waals surface area (Å²) in [4.78, 5) is 2.38. The highest BCUT2D eigenvalue weighted by Gasteiger charge is 2.29. The minimum atomic E-state index is 0.538. The largest absolute Gasteiger partial charge is 0.359 e. The maximum atomic E-state index is 4.39. The van der Waals surface area contributed by atoms with Crippen molar-refractivity contribution in [3.8, 4) is 0 Å². The molecule has 0 saturated heterocycles. The molecule has 0 saturated carbocycles. The smallest absolute Gasteiger partial charge is 0.0485 e. The minimum Gasteiger partial charge on any atom is -0.359 e. The van der Waals surface area contributed by atoms with Crippen LogP contribution in [0.3, 0.4) is 0 Å². The second-order valence-corrected chi connectivity index (χ2v) is 9.48. The van der Waals surface area contributed by atoms with Gasteiger partial charge < -0.3 is 10.2 Å². The maximum absolute atomic E-state index is 4.39. The van der Waals surface area contributed by atoms with E-state index >= 15 is 0 Å². The molecule has 2 nitrogen and oxygen atoms in total. The Bertz CT molecular complexity index is 689. The fourth-order valence-electron chi connectivity index (χ4n) is 3.81.